The third-order valence-electron chi connectivity index (χ3n) is 6.35. The summed E-state index contributed by atoms with van der Waals surface area (Å²) in [6, 6.07) is 17.6. The van der Waals surface area contributed by atoms with Crippen molar-refractivity contribution in [2.24, 2.45) is 0 Å². The average Bonchev–Trinajstić information content (AvgIpc) is 2.85. The Hall–Kier alpha value is -3.95. The van der Waals surface area contributed by atoms with Gasteiger partial charge >= 0.3 is 0 Å². The van der Waals surface area contributed by atoms with E-state index in [1.807, 2.05) is 37.4 Å². The molecule has 6 nitrogen and oxygen atoms in total. The minimum absolute atomic E-state index is 0.107. The van der Waals surface area contributed by atoms with Crippen LogP contribution >= 0.6 is 0 Å². The van der Waals surface area contributed by atoms with Crippen LogP contribution in [0.25, 0.3) is 27.6 Å². The van der Waals surface area contributed by atoms with Crippen molar-refractivity contribution >= 4 is 16.5 Å². The van der Waals surface area contributed by atoms with Gasteiger partial charge in [0.1, 0.15) is 0 Å². The van der Waals surface area contributed by atoms with Crippen LogP contribution in [-0.4, -0.2) is 34.8 Å². The van der Waals surface area contributed by atoms with Gasteiger partial charge < -0.3 is 9.64 Å². The van der Waals surface area contributed by atoms with Gasteiger partial charge in [-0.3, -0.25) is 14.3 Å². The van der Waals surface area contributed by atoms with E-state index in [1.54, 1.807) is 29.1 Å². The fraction of sp³-hybridized carbons (Fsp3) is 0.250. The van der Waals surface area contributed by atoms with Crippen LogP contribution in [0.1, 0.15) is 25.0 Å². The first kappa shape index (κ1) is 21.9. The zero-order valence-corrected chi connectivity index (χ0v) is 19.5. The van der Waals surface area contributed by atoms with Gasteiger partial charge in [0.15, 0.2) is 0 Å². The second kappa shape index (κ2) is 8.77. The van der Waals surface area contributed by atoms with Gasteiger partial charge in [0.2, 0.25) is 0 Å². The maximum absolute atomic E-state index is 13.5. The van der Waals surface area contributed by atoms with E-state index in [9.17, 15) is 4.79 Å². The molecule has 34 heavy (non-hydrogen) atoms. The van der Waals surface area contributed by atoms with Crippen LogP contribution in [0.3, 0.4) is 0 Å². The Kier molecular flexibility index (Phi) is 5.64. The molecular weight excluding hydrogens is 424 g/mol. The van der Waals surface area contributed by atoms with E-state index in [-0.39, 0.29) is 17.8 Å². The molecule has 1 saturated heterocycles. The van der Waals surface area contributed by atoms with Crippen LogP contribution in [0.15, 0.2) is 71.9 Å². The number of rotatable bonds is 3. The lowest BCUT2D eigenvalue weighted by Crippen LogP contribution is -2.45. The molecule has 1 aliphatic rings. The maximum atomic E-state index is 13.5. The molecule has 2 unspecified atom stereocenters. The van der Waals surface area contributed by atoms with Gasteiger partial charge in [0.25, 0.3) is 5.56 Å². The lowest BCUT2D eigenvalue weighted by molar-refractivity contribution is -0.00521. The molecule has 4 aromatic rings. The smallest absolute Gasteiger partial charge is 0.264 e. The van der Waals surface area contributed by atoms with Crippen molar-refractivity contribution in [1.82, 2.24) is 9.55 Å². The third-order valence-corrected chi connectivity index (χ3v) is 6.35. The summed E-state index contributed by atoms with van der Waals surface area (Å²) >= 11 is 0. The van der Waals surface area contributed by atoms with E-state index < -0.39 is 0 Å². The molecule has 0 N–H and O–H groups in total. The highest BCUT2D eigenvalue weighted by molar-refractivity contribution is 5.97. The number of fused-ring (bicyclic) bond motifs is 1. The first-order valence-electron chi connectivity index (χ1n) is 11.5. The topological polar surface area (TPSA) is 71.2 Å². The van der Waals surface area contributed by atoms with Gasteiger partial charge in [-0.1, -0.05) is 12.1 Å². The lowest BCUT2D eigenvalue weighted by Gasteiger charge is -2.36. The van der Waals surface area contributed by atoms with Gasteiger partial charge in [-0.15, -0.1) is 0 Å². The van der Waals surface area contributed by atoms with Crippen molar-refractivity contribution in [3.8, 4) is 22.9 Å². The molecule has 0 radical (unpaired) electrons. The summed E-state index contributed by atoms with van der Waals surface area (Å²) in [5, 5.41) is 10.5. The van der Waals surface area contributed by atoms with Gasteiger partial charge in [-0.05, 0) is 68.3 Å². The van der Waals surface area contributed by atoms with Gasteiger partial charge in [-0.25, -0.2) is 0 Å². The van der Waals surface area contributed by atoms with E-state index in [0.717, 1.165) is 46.5 Å². The molecule has 1 aliphatic heterocycles. The number of aromatic nitrogens is 2. The van der Waals surface area contributed by atoms with Crippen molar-refractivity contribution < 1.29 is 4.74 Å². The lowest BCUT2D eigenvalue weighted by atomic mass is 9.98. The first-order chi connectivity index (χ1) is 16.4. The third kappa shape index (κ3) is 3.95. The number of hydrogen-bond donors (Lipinski definition) is 0. The summed E-state index contributed by atoms with van der Waals surface area (Å²) in [4.78, 5) is 20.2. The predicted molar refractivity (Wildman–Crippen MR) is 134 cm³/mol. The number of aryl methyl sites for hydroxylation is 1. The SMILES string of the molecule is Cc1cn(-c2ccc(N3CC(C)OC(C)C3)cc2)c(=O)c2cncc(-c3ccc(C#N)cc3)c12. The number of anilines is 1. The summed E-state index contributed by atoms with van der Waals surface area (Å²) in [6.07, 6.45) is 5.68. The zero-order chi connectivity index (χ0) is 23.8. The molecule has 1 fully saturated rings. The Balaban J connectivity index is 1.55. The van der Waals surface area contributed by atoms with Crippen LogP contribution in [0.4, 0.5) is 5.69 Å². The molecule has 2 aromatic heterocycles. The number of ether oxygens (including phenoxy) is 1. The summed E-state index contributed by atoms with van der Waals surface area (Å²) in [6.45, 7) is 7.89. The molecular formula is C28H26N4O2. The van der Waals surface area contributed by atoms with E-state index in [0.29, 0.717) is 10.9 Å². The number of hydrogen-bond acceptors (Lipinski definition) is 5. The van der Waals surface area contributed by atoms with Crippen molar-refractivity contribution in [3.63, 3.8) is 0 Å². The largest absolute Gasteiger partial charge is 0.372 e. The van der Waals surface area contributed by atoms with Crippen molar-refractivity contribution in [2.45, 2.75) is 33.0 Å². The standard InChI is InChI=1S/C28H26N4O2/c1-18-15-32(24-10-8-23(9-11-24)31-16-19(2)34-20(3)17-31)28(33)26-14-30-13-25(27(18)26)22-6-4-21(12-29)5-7-22/h4-11,13-15,19-20H,16-17H2,1-3H3. The van der Waals surface area contributed by atoms with E-state index in [4.69, 9.17) is 10.00 Å². The van der Waals surface area contributed by atoms with Crippen LogP contribution in [0.2, 0.25) is 0 Å². The Morgan fingerprint density at radius 2 is 1.62 bits per heavy atom. The predicted octanol–water partition coefficient (Wildman–Crippen LogP) is 4.85. The monoisotopic (exact) mass is 450 g/mol. The van der Waals surface area contributed by atoms with Crippen molar-refractivity contribution in [1.29, 1.82) is 5.26 Å². The van der Waals surface area contributed by atoms with Crippen molar-refractivity contribution in [3.05, 3.63) is 88.6 Å². The van der Waals surface area contributed by atoms with Crippen LogP contribution in [0.5, 0.6) is 0 Å². The molecule has 170 valence electrons. The quantitative estimate of drug-likeness (QED) is 0.446. The van der Waals surface area contributed by atoms with Gasteiger partial charge in [-0.2, -0.15) is 5.26 Å². The number of nitrogens with zero attached hydrogens (tertiary/aromatic N) is 4. The van der Waals surface area contributed by atoms with Crippen LogP contribution in [-0.2, 0) is 4.74 Å². The first-order valence-corrected chi connectivity index (χ1v) is 11.5. The number of morpholine rings is 1. The summed E-state index contributed by atoms with van der Waals surface area (Å²) in [5.74, 6) is 0. The normalized spacial score (nSPS) is 18.1. The number of nitriles is 1. The Bertz CT molecular complexity index is 1440. The Morgan fingerprint density at radius 3 is 2.26 bits per heavy atom. The minimum Gasteiger partial charge on any atom is -0.372 e. The molecule has 2 atom stereocenters. The van der Waals surface area contributed by atoms with Gasteiger partial charge in [0, 0.05) is 54.0 Å². The van der Waals surface area contributed by atoms with Crippen LogP contribution < -0.4 is 10.5 Å². The van der Waals surface area contributed by atoms with E-state index in [2.05, 4.69) is 41.9 Å². The molecule has 2 aromatic carbocycles. The molecule has 0 amide bonds. The second-order valence-electron chi connectivity index (χ2n) is 8.96. The van der Waals surface area contributed by atoms with Crippen LogP contribution in [0, 0.1) is 18.3 Å². The molecule has 0 saturated carbocycles. The average molecular weight is 451 g/mol. The molecule has 6 heteroatoms. The molecule has 5 rings (SSSR count). The highest BCUT2D eigenvalue weighted by Gasteiger charge is 2.22. The molecule has 0 spiro atoms. The van der Waals surface area contributed by atoms with Crippen molar-refractivity contribution in [2.75, 3.05) is 18.0 Å². The van der Waals surface area contributed by atoms with Gasteiger partial charge in [0.05, 0.1) is 29.2 Å². The molecule has 3 heterocycles. The summed E-state index contributed by atoms with van der Waals surface area (Å²) < 4.78 is 7.54. The molecule has 0 bridgehead atoms. The summed E-state index contributed by atoms with van der Waals surface area (Å²) in [7, 11) is 0. The maximum Gasteiger partial charge on any atom is 0.264 e. The van der Waals surface area contributed by atoms with E-state index in [1.165, 1.54) is 0 Å². The molecule has 0 aliphatic carbocycles. The number of pyridine rings is 2. The van der Waals surface area contributed by atoms with E-state index >= 15 is 0 Å². The minimum atomic E-state index is -0.107. The fourth-order valence-electron chi connectivity index (χ4n) is 4.84. The highest BCUT2D eigenvalue weighted by atomic mass is 16.5. The Labute approximate surface area is 198 Å². The Morgan fingerprint density at radius 1 is 0.971 bits per heavy atom. The zero-order valence-electron chi connectivity index (χ0n) is 19.5. The fourth-order valence-corrected chi connectivity index (χ4v) is 4.84. The highest BCUT2D eigenvalue weighted by Crippen LogP contribution is 2.30. The summed E-state index contributed by atoms with van der Waals surface area (Å²) in [5.41, 5.74) is 5.23. The number of benzene rings is 2. The second-order valence-corrected chi connectivity index (χ2v) is 8.96.